The van der Waals surface area contributed by atoms with Crippen LogP contribution in [-0.2, 0) is 16.0 Å². The molecule has 31 heavy (non-hydrogen) atoms. The fourth-order valence-electron chi connectivity index (χ4n) is 3.67. The van der Waals surface area contributed by atoms with Gasteiger partial charge in [0.1, 0.15) is 17.7 Å². The molecule has 1 unspecified atom stereocenters. The lowest BCUT2D eigenvalue weighted by Crippen LogP contribution is -2.50. The maximum Gasteiger partial charge on any atom is 0.410 e. The van der Waals surface area contributed by atoms with Gasteiger partial charge in [0.2, 0.25) is 5.91 Å². The van der Waals surface area contributed by atoms with Crippen molar-refractivity contribution in [3.05, 3.63) is 60.2 Å². The number of carbonyl (C=O) groups is 2. The molecule has 1 heterocycles. The smallest absolute Gasteiger partial charge is 0.410 e. The Morgan fingerprint density at radius 3 is 2.39 bits per heavy atom. The molecule has 1 aliphatic heterocycles. The third kappa shape index (κ3) is 6.08. The third-order valence-corrected chi connectivity index (χ3v) is 5.16. The van der Waals surface area contributed by atoms with E-state index in [-0.39, 0.29) is 5.91 Å². The second-order valence-electron chi connectivity index (χ2n) is 8.79. The Hall–Kier alpha value is -3.33. The van der Waals surface area contributed by atoms with Gasteiger partial charge in [-0.3, -0.25) is 9.69 Å². The average Bonchev–Trinajstić information content (AvgIpc) is 3.23. The summed E-state index contributed by atoms with van der Waals surface area (Å²) in [5.74, 6) is -0.309. The van der Waals surface area contributed by atoms with Crippen LogP contribution in [0.4, 0.5) is 4.79 Å². The third-order valence-electron chi connectivity index (χ3n) is 5.16. The van der Waals surface area contributed by atoms with Crippen molar-refractivity contribution >= 4 is 12.0 Å². The molecule has 0 bridgehead atoms. The van der Waals surface area contributed by atoms with Crippen LogP contribution in [0.5, 0.6) is 0 Å². The maximum atomic E-state index is 12.8. The van der Waals surface area contributed by atoms with Gasteiger partial charge in [0.15, 0.2) is 0 Å². The zero-order valence-corrected chi connectivity index (χ0v) is 18.3. The predicted molar refractivity (Wildman–Crippen MR) is 119 cm³/mol. The van der Waals surface area contributed by atoms with E-state index in [1.807, 2.05) is 54.6 Å². The van der Waals surface area contributed by atoms with E-state index in [0.29, 0.717) is 19.4 Å². The lowest BCUT2D eigenvalue weighted by molar-refractivity contribution is -0.125. The monoisotopic (exact) mass is 419 g/mol. The van der Waals surface area contributed by atoms with Crippen molar-refractivity contribution in [3.63, 3.8) is 0 Å². The van der Waals surface area contributed by atoms with Crippen LogP contribution in [-0.4, -0.2) is 41.1 Å². The van der Waals surface area contributed by atoms with Gasteiger partial charge in [-0.25, -0.2) is 4.79 Å². The van der Waals surface area contributed by atoms with Crippen LogP contribution < -0.4 is 5.32 Å². The maximum absolute atomic E-state index is 12.8. The van der Waals surface area contributed by atoms with Crippen molar-refractivity contribution in [3.8, 4) is 17.2 Å². The van der Waals surface area contributed by atoms with Gasteiger partial charge in [-0.1, -0.05) is 54.6 Å². The average molecular weight is 420 g/mol. The summed E-state index contributed by atoms with van der Waals surface area (Å²) in [6.07, 6.45) is 1.20. The first-order chi connectivity index (χ1) is 14.8. The zero-order valence-electron chi connectivity index (χ0n) is 18.3. The molecule has 0 aliphatic carbocycles. The molecule has 2 aromatic carbocycles. The summed E-state index contributed by atoms with van der Waals surface area (Å²) in [6.45, 7) is 5.87. The molecule has 1 saturated heterocycles. The highest BCUT2D eigenvalue weighted by atomic mass is 16.6. The van der Waals surface area contributed by atoms with Crippen molar-refractivity contribution in [1.29, 1.82) is 5.26 Å². The predicted octanol–water partition coefficient (Wildman–Crippen LogP) is 4.30. The van der Waals surface area contributed by atoms with E-state index in [9.17, 15) is 14.9 Å². The van der Waals surface area contributed by atoms with Gasteiger partial charge in [-0.05, 0) is 50.3 Å². The summed E-state index contributed by atoms with van der Waals surface area (Å²) in [4.78, 5) is 26.7. The van der Waals surface area contributed by atoms with Crippen molar-refractivity contribution in [1.82, 2.24) is 10.2 Å². The van der Waals surface area contributed by atoms with Gasteiger partial charge in [0.25, 0.3) is 0 Å². The summed E-state index contributed by atoms with van der Waals surface area (Å²) >= 11 is 0. The van der Waals surface area contributed by atoms with Crippen LogP contribution in [0.1, 0.15) is 39.2 Å². The van der Waals surface area contributed by atoms with Crippen LogP contribution in [0.2, 0.25) is 0 Å². The molecule has 0 radical (unpaired) electrons. The van der Waals surface area contributed by atoms with Gasteiger partial charge in [0, 0.05) is 13.0 Å². The van der Waals surface area contributed by atoms with Crippen LogP contribution in [0, 0.1) is 11.3 Å². The van der Waals surface area contributed by atoms with Gasteiger partial charge in [-0.2, -0.15) is 5.26 Å². The molecule has 162 valence electrons. The van der Waals surface area contributed by atoms with Crippen molar-refractivity contribution < 1.29 is 14.3 Å². The lowest BCUT2D eigenvalue weighted by atomic mass is 10.0. The highest BCUT2D eigenvalue weighted by molar-refractivity contribution is 5.86. The molecule has 6 heteroatoms. The van der Waals surface area contributed by atoms with Gasteiger partial charge in [0.05, 0.1) is 6.07 Å². The molecule has 1 fully saturated rings. The molecule has 0 aromatic heterocycles. The normalized spacial score (nSPS) is 17.0. The van der Waals surface area contributed by atoms with Crippen molar-refractivity contribution in [2.45, 2.75) is 57.7 Å². The first-order valence-electron chi connectivity index (χ1n) is 10.6. The number of hydrogen-bond donors (Lipinski definition) is 1. The topological polar surface area (TPSA) is 82.4 Å². The summed E-state index contributed by atoms with van der Waals surface area (Å²) in [7, 11) is 0. The Kier molecular flexibility index (Phi) is 6.96. The lowest BCUT2D eigenvalue weighted by Gasteiger charge is -2.28. The number of nitrogens with one attached hydrogen (secondary N) is 1. The van der Waals surface area contributed by atoms with Crippen LogP contribution in [0.25, 0.3) is 11.1 Å². The minimum Gasteiger partial charge on any atom is -0.444 e. The van der Waals surface area contributed by atoms with E-state index in [1.54, 1.807) is 20.8 Å². The van der Waals surface area contributed by atoms with Crippen LogP contribution in [0.15, 0.2) is 54.6 Å². The van der Waals surface area contributed by atoms with Gasteiger partial charge in [-0.15, -0.1) is 0 Å². The highest BCUT2D eigenvalue weighted by Gasteiger charge is 2.37. The van der Waals surface area contributed by atoms with Crippen LogP contribution >= 0.6 is 0 Å². The number of nitriles is 1. The van der Waals surface area contributed by atoms with E-state index in [4.69, 9.17) is 4.74 Å². The largest absolute Gasteiger partial charge is 0.444 e. The Labute approximate surface area is 183 Å². The molecular weight excluding hydrogens is 390 g/mol. The molecule has 2 aromatic rings. The number of nitrogens with zero attached hydrogens (tertiary/aromatic N) is 2. The molecular formula is C25H29N3O3. The molecule has 2 atom stereocenters. The summed E-state index contributed by atoms with van der Waals surface area (Å²) in [5.41, 5.74) is 2.56. The fraction of sp³-hybridized carbons (Fsp3) is 0.400. The molecule has 6 nitrogen and oxygen atoms in total. The minimum absolute atomic E-state index is 0.309. The SMILES string of the molecule is CC(C)(C)OC(=O)N1CCCC1C(=O)N[C@H](C#N)Cc1ccc(-c2ccccc2)cc1. The number of ether oxygens (including phenoxy) is 1. The number of likely N-dealkylation sites (tertiary alicyclic amines) is 1. The molecule has 2 amide bonds. The quantitative estimate of drug-likeness (QED) is 0.783. The Bertz CT molecular complexity index is 943. The number of benzene rings is 2. The highest BCUT2D eigenvalue weighted by Crippen LogP contribution is 2.22. The molecule has 3 rings (SSSR count). The van der Waals surface area contributed by atoms with Gasteiger partial charge >= 0.3 is 6.09 Å². The number of amides is 2. The van der Waals surface area contributed by atoms with E-state index in [1.165, 1.54) is 4.90 Å². The molecule has 1 N–H and O–H groups in total. The summed E-state index contributed by atoms with van der Waals surface area (Å²) in [5, 5.41) is 12.4. The number of rotatable bonds is 5. The number of hydrogen-bond acceptors (Lipinski definition) is 4. The number of carbonyl (C=O) groups excluding carboxylic acids is 2. The second kappa shape index (κ2) is 9.65. The summed E-state index contributed by atoms with van der Waals surface area (Å²) < 4.78 is 5.42. The first-order valence-corrected chi connectivity index (χ1v) is 10.6. The summed E-state index contributed by atoms with van der Waals surface area (Å²) in [6, 6.07) is 18.9. The van der Waals surface area contributed by atoms with E-state index >= 15 is 0 Å². The Balaban J connectivity index is 1.61. The van der Waals surface area contributed by atoms with E-state index in [2.05, 4.69) is 11.4 Å². The molecule has 0 spiro atoms. The van der Waals surface area contributed by atoms with Crippen LogP contribution in [0.3, 0.4) is 0 Å². The van der Waals surface area contributed by atoms with Crippen molar-refractivity contribution in [2.75, 3.05) is 6.54 Å². The second-order valence-corrected chi connectivity index (χ2v) is 8.79. The Morgan fingerprint density at radius 2 is 1.77 bits per heavy atom. The first kappa shape index (κ1) is 22.4. The van der Waals surface area contributed by atoms with E-state index < -0.39 is 23.8 Å². The fourth-order valence-corrected chi connectivity index (χ4v) is 3.67. The van der Waals surface area contributed by atoms with E-state index in [0.717, 1.165) is 23.1 Å². The Morgan fingerprint density at radius 1 is 1.13 bits per heavy atom. The molecule has 1 aliphatic rings. The minimum atomic E-state index is -0.670. The van der Waals surface area contributed by atoms with Crippen molar-refractivity contribution in [2.24, 2.45) is 0 Å². The standard InChI is InChI=1S/C25H29N3O3/c1-25(2,3)31-24(30)28-15-7-10-22(28)23(29)27-21(17-26)16-18-11-13-20(14-12-18)19-8-5-4-6-9-19/h4-6,8-9,11-14,21-22H,7,10,15-16H2,1-3H3,(H,27,29)/t21-,22?/m0/s1. The zero-order chi connectivity index (χ0) is 22.4. The molecule has 0 saturated carbocycles. The van der Waals surface area contributed by atoms with Gasteiger partial charge < -0.3 is 10.1 Å².